The maximum absolute atomic E-state index is 12.1. The van der Waals surface area contributed by atoms with Crippen LogP contribution in [0.4, 0.5) is 0 Å². The van der Waals surface area contributed by atoms with Crippen LogP contribution in [0.15, 0.2) is 0 Å². The van der Waals surface area contributed by atoms with Gasteiger partial charge < -0.3 is 10.2 Å². The summed E-state index contributed by atoms with van der Waals surface area (Å²) >= 11 is 0. The molecular formula is C11H17N3O. The SMILES string of the molecule is C[C@H]1CC[C@@H](C(=O)N2CCCC2C#N)N1. The fraction of sp³-hybridized carbons (Fsp3) is 0.818. The quantitative estimate of drug-likeness (QED) is 0.686. The molecule has 2 heterocycles. The van der Waals surface area contributed by atoms with Gasteiger partial charge in [0.05, 0.1) is 12.1 Å². The predicted molar refractivity (Wildman–Crippen MR) is 56.0 cm³/mol. The Labute approximate surface area is 90.2 Å². The summed E-state index contributed by atoms with van der Waals surface area (Å²) in [6.45, 7) is 2.85. The first kappa shape index (κ1) is 10.4. The Kier molecular flexibility index (Phi) is 2.92. The van der Waals surface area contributed by atoms with Gasteiger partial charge in [-0.25, -0.2) is 0 Å². The molecule has 0 spiro atoms. The van der Waals surface area contributed by atoms with Gasteiger partial charge in [-0.1, -0.05) is 0 Å². The first-order valence-corrected chi connectivity index (χ1v) is 5.68. The lowest BCUT2D eigenvalue weighted by molar-refractivity contribution is -0.133. The fourth-order valence-corrected chi connectivity index (χ4v) is 2.49. The molecule has 0 saturated carbocycles. The van der Waals surface area contributed by atoms with Gasteiger partial charge in [0.15, 0.2) is 0 Å². The molecule has 0 aromatic carbocycles. The molecule has 1 N–H and O–H groups in total. The van der Waals surface area contributed by atoms with Crippen molar-refractivity contribution in [2.75, 3.05) is 6.54 Å². The third-order valence-corrected chi connectivity index (χ3v) is 3.36. The highest BCUT2D eigenvalue weighted by Crippen LogP contribution is 2.21. The summed E-state index contributed by atoms with van der Waals surface area (Å²) in [5.41, 5.74) is 0. The number of likely N-dealkylation sites (tertiary alicyclic amines) is 1. The third kappa shape index (κ3) is 1.98. The monoisotopic (exact) mass is 207 g/mol. The van der Waals surface area contributed by atoms with Crippen molar-refractivity contribution in [1.82, 2.24) is 10.2 Å². The molecule has 15 heavy (non-hydrogen) atoms. The van der Waals surface area contributed by atoms with E-state index in [1.165, 1.54) is 0 Å². The molecule has 4 nitrogen and oxygen atoms in total. The van der Waals surface area contributed by atoms with Crippen molar-refractivity contribution in [3.05, 3.63) is 0 Å². The predicted octanol–water partition coefficient (Wildman–Crippen LogP) is 0.641. The van der Waals surface area contributed by atoms with Crippen molar-refractivity contribution < 1.29 is 4.79 Å². The van der Waals surface area contributed by atoms with Gasteiger partial charge in [0.1, 0.15) is 6.04 Å². The van der Waals surface area contributed by atoms with E-state index in [0.29, 0.717) is 6.04 Å². The van der Waals surface area contributed by atoms with Crippen LogP contribution in [0, 0.1) is 11.3 Å². The van der Waals surface area contributed by atoms with Crippen LogP contribution in [0.5, 0.6) is 0 Å². The average Bonchev–Trinajstić information content (AvgIpc) is 2.84. The summed E-state index contributed by atoms with van der Waals surface area (Å²) < 4.78 is 0. The van der Waals surface area contributed by atoms with E-state index < -0.39 is 0 Å². The second kappa shape index (κ2) is 4.19. The second-order valence-corrected chi connectivity index (χ2v) is 4.52. The van der Waals surface area contributed by atoms with E-state index in [0.717, 1.165) is 32.2 Å². The Hall–Kier alpha value is -1.08. The van der Waals surface area contributed by atoms with Crippen molar-refractivity contribution in [3.63, 3.8) is 0 Å². The summed E-state index contributed by atoms with van der Waals surface area (Å²) in [5.74, 6) is 0.128. The normalized spacial score (nSPS) is 35.5. The summed E-state index contributed by atoms with van der Waals surface area (Å²) in [4.78, 5) is 13.8. The Morgan fingerprint density at radius 3 is 2.87 bits per heavy atom. The number of hydrogen-bond donors (Lipinski definition) is 1. The number of amides is 1. The molecule has 2 fully saturated rings. The van der Waals surface area contributed by atoms with Gasteiger partial charge in [0.2, 0.25) is 5.91 Å². The first-order valence-electron chi connectivity index (χ1n) is 5.68. The molecule has 0 bridgehead atoms. The molecule has 82 valence electrons. The number of hydrogen-bond acceptors (Lipinski definition) is 3. The summed E-state index contributed by atoms with van der Waals surface area (Å²) in [6.07, 6.45) is 3.77. The van der Waals surface area contributed by atoms with Gasteiger partial charge in [-0.2, -0.15) is 5.26 Å². The van der Waals surface area contributed by atoms with Crippen LogP contribution in [0.3, 0.4) is 0 Å². The smallest absolute Gasteiger partial charge is 0.240 e. The second-order valence-electron chi connectivity index (χ2n) is 4.52. The minimum atomic E-state index is -0.185. The van der Waals surface area contributed by atoms with Gasteiger partial charge in [0, 0.05) is 12.6 Å². The number of rotatable bonds is 1. The maximum Gasteiger partial charge on any atom is 0.240 e. The average molecular weight is 207 g/mol. The van der Waals surface area contributed by atoms with Gasteiger partial charge in [-0.15, -0.1) is 0 Å². The number of nitriles is 1. The van der Waals surface area contributed by atoms with E-state index in [-0.39, 0.29) is 18.0 Å². The van der Waals surface area contributed by atoms with Crippen LogP contribution in [-0.4, -0.2) is 35.5 Å². The molecule has 2 aliphatic rings. The lowest BCUT2D eigenvalue weighted by Gasteiger charge is -2.23. The van der Waals surface area contributed by atoms with Crippen LogP contribution < -0.4 is 5.32 Å². The van der Waals surface area contributed by atoms with E-state index in [2.05, 4.69) is 18.3 Å². The molecule has 0 aliphatic carbocycles. The van der Waals surface area contributed by atoms with Crippen LogP contribution in [0.2, 0.25) is 0 Å². The molecule has 1 amide bonds. The molecule has 2 saturated heterocycles. The Morgan fingerprint density at radius 2 is 2.27 bits per heavy atom. The highest BCUT2D eigenvalue weighted by molar-refractivity contribution is 5.83. The fourth-order valence-electron chi connectivity index (χ4n) is 2.49. The van der Waals surface area contributed by atoms with E-state index in [4.69, 9.17) is 5.26 Å². The van der Waals surface area contributed by atoms with Gasteiger partial charge in [0.25, 0.3) is 0 Å². The zero-order chi connectivity index (χ0) is 10.8. The molecular weight excluding hydrogens is 190 g/mol. The lowest BCUT2D eigenvalue weighted by atomic mass is 10.1. The van der Waals surface area contributed by atoms with Crippen molar-refractivity contribution in [2.24, 2.45) is 0 Å². The van der Waals surface area contributed by atoms with Crippen molar-refractivity contribution in [3.8, 4) is 6.07 Å². The largest absolute Gasteiger partial charge is 0.325 e. The minimum absolute atomic E-state index is 0.0473. The van der Waals surface area contributed by atoms with Gasteiger partial charge >= 0.3 is 0 Å². The number of nitrogens with zero attached hydrogens (tertiary/aromatic N) is 2. The molecule has 2 aliphatic heterocycles. The topological polar surface area (TPSA) is 56.1 Å². The minimum Gasteiger partial charge on any atom is -0.325 e. The molecule has 3 atom stereocenters. The van der Waals surface area contributed by atoms with E-state index in [1.807, 2.05) is 0 Å². The molecule has 0 aromatic heterocycles. The van der Waals surface area contributed by atoms with Crippen LogP contribution >= 0.6 is 0 Å². The van der Waals surface area contributed by atoms with Crippen molar-refractivity contribution in [2.45, 2.75) is 50.7 Å². The summed E-state index contributed by atoms with van der Waals surface area (Å²) in [7, 11) is 0. The number of carbonyl (C=O) groups excluding carboxylic acids is 1. The molecule has 4 heteroatoms. The summed E-state index contributed by atoms with van der Waals surface area (Å²) in [5, 5.41) is 12.2. The van der Waals surface area contributed by atoms with E-state index >= 15 is 0 Å². The van der Waals surface area contributed by atoms with Crippen molar-refractivity contribution >= 4 is 5.91 Å². The molecule has 1 unspecified atom stereocenters. The van der Waals surface area contributed by atoms with E-state index in [9.17, 15) is 4.79 Å². The maximum atomic E-state index is 12.1. The molecule has 0 radical (unpaired) electrons. The van der Waals surface area contributed by atoms with Crippen LogP contribution in [-0.2, 0) is 4.79 Å². The Balaban J connectivity index is 1.99. The van der Waals surface area contributed by atoms with Crippen molar-refractivity contribution in [1.29, 1.82) is 5.26 Å². The van der Waals surface area contributed by atoms with Crippen LogP contribution in [0.25, 0.3) is 0 Å². The molecule has 2 rings (SSSR count). The summed E-state index contributed by atoms with van der Waals surface area (Å²) in [6, 6.07) is 2.41. The molecule has 0 aromatic rings. The lowest BCUT2D eigenvalue weighted by Crippen LogP contribution is -2.46. The zero-order valence-electron chi connectivity index (χ0n) is 9.07. The highest BCUT2D eigenvalue weighted by atomic mass is 16.2. The van der Waals surface area contributed by atoms with Crippen LogP contribution in [0.1, 0.15) is 32.6 Å². The highest BCUT2D eigenvalue weighted by Gasteiger charge is 2.35. The number of carbonyl (C=O) groups is 1. The standard InChI is InChI=1S/C11H17N3O/c1-8-4-5-10(13-8)11(15)14-6-2-3-9(14)7-12/h8-10,13H,2-6H2,1H3/t8-,9?,10-/m0/s1. The van der Waals surface area contributed by atoms with Gasteiger partial charge in [-0.3, -0.25) is 4.79 Å². The zero-order valence-corrected chi connectivity index (χ0v) is 9.07. The Morgan fingerprint density at radius 1 is 1.47 bits per heavy atom. The number of nitrogens with one attached hydrogen (secondary N) is 1. The first-order chi connectivity index (χ1) is 7.22. The Bertz CT molecular complexity index is 297. The van der Waals surface area contributed by atoms with E-state index in [1.54, 1.807) is 4.90 Å². The third-order valence-electron chi connectivity index (χ3n) is 3.36. The van der Waals surface area contributed by atoms with Gasteiger partial charge in [-0.05, 0) is 32.6 Å².